The van der Waals surface area contributed by atoms with Crippen molar-refractivity contribution in [2.75, 3.05) is 12.4 Å². The van der Waals surface area contributed by atoms with Gasteiger partial charge in [0.1, 0.15) is 36.5 Å². The molecule has 2 aliphatic rings. The summed E-state index contributed by atoms with van der Waals surface area (Å²) in [5.74, 6) is -0.162. The highest BCUT2D eigenvalue weighted by atomic mass is 32.2. The lowest BCUT2D eigenvalue weighted by Crippen LogP contribution is -2.60. The number of hydrogen-bond acceptors (Lipinski definition) is 7. The van der Waals surface area contributed by atoms with Crippen LogP contribution in [0.1, 0.15) is 48.5 Å². The molecule has 27 heavy (non-hydrogen) atoms. The Balaban J connectivity index is 2.30. The van der Waals surface area contributed by atoms with Gasteiger partial charge in [0.25, 0.3) is 0 Å². The molecule has 158 valence electrons. The molecule has 5 atom stereocenters. The number of thioether (sulfide) groups is 1. The van der Waals surface area contributed by atoms with E-state index in [1.54, 1.807) is 11.8 Å². The zero-order valence-electron chi connectivity index (χ0n) is 18.2. The number of hydrogen-bond donors (Lipinski definition) is 0. The van der Waals surface area contributed by atoms with Crippen molar-refractivity contribution in [3.8, 4) is 0 Å². The third-order valence-electron chi connectivity index (χ3n) is 5.45. The summed E-state index contributed by atoms with van der Waals surface area (Å²) >= 11 is 1.70. The Morgan fingerprint density at radius 2 is 1.78 bits per heavy atom. The largest absolute Gasteiger partial charge is 0.463 e. The first-order chi connectivity index (χ1) is 12.3. The van der Waals surface area contributed by atoms with Gasteiger partial charge in [0, 0.05) is 6.92 Å². The van der Waals surface area contributed by atoms with E-state index >= 15 is 0 Å². The maximum atomic E-state index is 11.3. The second-order valence-corrected chi connectivity index (χ2v) is 15.3. The van der Waals surface area contributed by atoms with Crippen LogP contribution in [0.4, 0.5) is 0 Å². The maximum absolute atomic E-state index is 11.3. The molecule has 0 aliphatic carbocycles. The Kier molecular flexibility index (Phi) is 7.13. The number of fused-ring (bicyclic) bond motifs is 1. The lowest BCUT2D eigenvalue weighted by molar-refractivity contribution is -0.177. The van der Waals surface area contributed by atoms with E-state index in [0.29, 0.717) is 0 Å². The quantitative estimate of drug-likeness (QED) is 0.476. The van der Waals surface area contributed by atoms with Crippen LogP contribution in [0.3, 0.4) is 0 Å². The fourth-order valence-corrected chi connectivity index (χ4v) is 5.45. The molecule has 2 fully saturated rings. The van der Waals surface area contributed by atoms with Gasteiger partial charge < -0.3 is 23.4 Å². The number of ether oxygens (including phenoxy) is 4. The van der Waals surface area contributed by atoms with Crippen molar-refractivity contribution in [1.29, 1.82) is 0 Å². The van der Waals surface area contributed by atoms with Crippen molar-refractivity contribution in [3.63, 3.8) is 0 Å². The van der Waals surface area contributed by atoms with E-state index in [1.807, 2.05) is 13.8 Å². The predicted molar refractivity (Wildman–Crippen MR) is 109 cm³/mol. The van der Waals surface area contributed by atoms with E-state index in [2.05, 4.69) is 40.8 Å². The third kappa shape index (κ3) is 5.48. The lowest BCUT2D eigenvalue weighted by atomic mass is 10.0. The van der Waals surface area contributed by atoms with E-state index in [4.69, 9.17) is 23.4 Å². The minimum Gasteiger partial charge on any atom is -0.463 e. The number of carbonyl (C=O) groups is 1. The first-order valence-corrected chi connectivity index (χ1v) is 13.7. The van der Waals surface area contributed by atoms with Gasteiger partial charge >= 0.3 is 5.97 Å². The van der Waals surface area contributed by atoms with E-state index < -0.39 is 14.1 Å². The molecule has 0 spiro atoms. The topological polar surface area (TPSA) is 63.2 Å². The molecule has 0 amide bonds. The van der Waals surface area contributed by atoms with Gasteiger partial charge in [-0.05, 0) is 37.7 Å². The molecule has 0 saturated carbocycles. The molecular weight excluding hydrogens is 384 g/mol. The van der Waals surface area contributed by atoms with Crippen LogP contribution in [-0.2, 0) is 28.2 Å². The summed E-state index contributed by atoms with van der Waals surface area (Å²) in [6.45, 7) is 18.6. The standard InChI is InChI=1S/C19H36O6SSi/c1-10-26-17-16(25-27(8,9)18(3,4)5)15-14(23-19(6,7)24-15)13(22-17)11-21-12(2)20/h13-17H,10-11H2,1-9H3/t13-,14+,15+,16-,17+/m1/s1. The molecule has 0 radical (unpaired) electrons. The summed E-state index contributed by atoms with van der Waals surface area (Å²) in [4.78, 5) is 11.3. The van der Waals surface area contributed by atoms with Crippen molar-refractivity contribution < 1.29 is 28.2 Å². The highest BCUT2D eigenvalue weighted by Crippen LogP contribution is 2.45. The maximum Gasteiger partial charge on any atom is 0.302 e. The molecule has 0 aromatic heterocycles. The Morgan fingerprint density at radius 1 is 1.19 bits per heavy atom. The zero-order valence-corrected chi connectivity index (χ0v) is 20.0. The van der Waals surface area contributed by atoms with Crippen LogP contribution < -0.4 is 0 Å². The zero-order chi connectivity index (χ0) is 20.6. The first-order valence-electron chi connectivity index (χ1n) is 9.71. The third-order valence-corrected chi connectivity index (χ3v) is 11.0. The van der Waals surface area contributed by atoms with Crippen molar-refractivity contribution in [2.45, 2.75) is 102 Å². The monoisotopic (exact) mass is 420 g/mol. The Bertz CT molecular complexity index is 533. The first kappa shape index (κ1) is 23.2. The Morgan fingerprint density at radius 3 is 2.30 bits per heavy atom. The second-order valence-electron chi connectivity index (χ2n) is 9.21. The van der Waals surface area contributed by atoms with Gasteiger partial charge in [-0.3, -0.25) is 4.79 Å². The molecule has 0 aromatic rings. The summed E-state index contributed by atoms with van der Waals surface area (Å²) in [6.07, 6.45) is -1.18. The van der Waals surface area contributed by atoms with Gasteiger partial charge in [-0.2, -0.15) is 0 Å². The van der Waals surface area contributed by atoms with Crippen LogP contribution in [0, 0.1) is 0 Å². The van der Waals surface area contributed by atoms with Crippen LogP contribution in [0.5, 0.6) is 0 Å². The number of esters is 1. The average molecular weight is 421 g/mol. The van der Waals surface area contributed by atoms with Crippen molar-refractivity contribution in [3.05, 3.63) is 0 Å². The van der Waals surface area contributed by atoms with Gasteiger partial charge in [-0.15, -0.1) is 11.8 Å². The normalized spacial score (nSPS) is 33.6. The Hall–Kier alpha value is -0.123. The van der Waals surface area contributed by atoms with Gasteiger partial charge in [-0.1, -0.05) is 27.7 Å². The molecule has 2 saturated heterocycles. The highest BCUT2D eigenvalue weighted by molar-refractivity contribution is 7.99. The van der Waals surface area contributed by atoms with E-state index in [1.165, 1.54) is 6.92 Å². The van der Waals surface area contributed by atoms with Gasteiger partial charge in [0.05, 0.1) is 0 Å². The van der Waals surface area contributed by atoms with Gasteiger partial charge in [-0.25, -0.2) is 0 Å². The molecule has 2 heterocycles. The second kappa shape index (κ2) is 8.32. The molecule has 6 nitrogen and oxygen atoms in total. The molecule has 8 heteroatoms. The lowest BCUT2D eigenvalue weighted by Gasteiger charge is -2.47. The van der Waals surface area contributed by atoms with Crippen LogP contribution >= 0.6 is 11.8 Å². The average Bonchev–Trinajstić information content (AvgIpc) is 2.82. The van der Waals surface area contributed by atoms with Crippen LogP contribution in [-0.4, -0.2) is 62.3 Å². The molecule has 2 rings (SSSR count). The van der Waals surface area contributed by atoms with Crippen molar-refractivity contribution in [1.82, 2.24) is 0 Å². The summed E-state index contributed by atoms with van der Waals surface area (Å²) < 4.78 is 30.8. The SMILES string of the molecule is CCS[C@@H]1O[C@H](COC(C)=O)[C@@H]2OC(C)(C)O[C@@H]2[C@H]1O[Si](C)(C)C(C)(C)C. The minimum absolute atomic E-state index is 0.0769. The summed E-state index contributed by atoms with van der Waals surface area (Å²) in [6, 6.07) is 0. The van der Waals surface area contributed by atoms with Crippen molar-refractivity contribution in [2.24, 2.45) is 0 Å². The fraction of sp³-hybridized carbons (Fsp3) is 0.947. The summed E-state index contributed by atoms with van der Waals surface area (Å²) in [5, 5.41) is 0.0769. The molecule has 0 bridgehead atoms. The summed E-state index contributed by atoms with van der Waals surface area (Å²) in [5.41, 5.74) is -0.191. The van der Waals surface area contributed by atoms with E-state index in [9.17, 15) is 4.79 Å². The minimum atomic E-state index is -2.04. The molecule has 0 N–H and O–H groups in total. The highest BCUT2D eigenvalue weighted by Gasteiger charge is 2.57. The van der Waals surface area contributed by atoms with E-state index in [0.717, 1.165) is 5.75 Å². The molecule has 0 aromatic carbocycles. The smallest absolute Gasteiger partial charge is 0.302 e. The molecule has 2 aliphatic heterocycles. The van der Waals surface area contributed by atoms with Crippen molar-refractivity contribution >= 4 is 26.0 Å². The van der Waals surface area contributed by atoms with Crippen LogP contribution in [0.2, 0.25) is 18.1 Å². The molecule has 0 unspecified atom stereocenters. The van der Waals surface area contributed by atoms with Gasteiger partial charge in [0.2, 0.25) is 0 Å². The predicted octanol–water partition coefficient (Wildman–Crippen LogP) is 3.94. The fourth-order valence-electron chi connectivity index (χ4n) is 3.11. The Labute approximate surface area is 169 Å². The van der Waals surface area contributed by atoms with Gasteiger partial charge in [0.15, 0.2) is 14.1 Å². The van der Waals surface area contributed by atoms with Crippen LogP contribution in [0.25, 0.3) is 0 Å². The molecular formula is C19H36O6SSi. The number of carbonyl (C=O) groups excluding carboxylic acids is 1. The summed E-state index contributed by atoms with van der Waals surface area (Å²) in [7, 11) is -2.04. The van der Waals surface area contributed by atoms with Crippen LogP contribution in [0.15, 0.2) is 0 Å². The number of rotatable bonds is 6. The van der Waals surface area contributed by atoms with E-state index in [-0.39, 0.29) is 47.5 Å².